The van der Waals surface area contributed by atoms with Gasteiger partial charge >= 0.3 is 0 Å². The van der Waals surface area contributed by atoms with Crippen molar-refractivity contribution >= 4 is 33.4 Å². The van der Waals surface area contributed by atoms with Gasteiger partial charge in [-0.25, -0.2) is 4.98 Å². The molecule has 6 nitrogen and oxygen atoms in total. The Hall–Kier alpha value is -2.41. The van der Waals surface area contributed by atoms with Crippen LogP contribution in [-0.4, -0.2) is 23.4 Å². The molecule has 0 aliphatic carbocycles. The first-order chi connectivity index (χ1) is 10.0. The van der Waals surface area contributed by atoms with E-state index in [1.165, 1.54) is 0 Å². The number of rotatable bonds is 5. The number of aromatic nitrogens is 1. The number of benzene rings is 1. The summed E-state index contributed by atoms with van der Waals surface area (Å²) >= 11 is 3.25. The van der Waals surface area contributed by atoms with E-state index >= 15 is 0 Å². The Morgan fingerprint density at radius 3 is 2.76 bits per heavy atom. The molecule has 0 bridgehead atoms. The summed E-state index contributed by atoms with van der Waals surface area (Å²) < 4.78 is 5.96. The van der Waals surface area contributed by atoms with Gasteiger partial charge in [0.2, 0.25) is 0 Å². The van der Waals surface area contributed by atoms with Gasteiger partial charge in [-0.15, -0.1) is 0 Å². The number of anilines is 1. The standard InChI is InChI=1S/C14H12BrN3O3/c15-9-4-5-12(17-7-9)14(20)18-10-2-1-3-11(6-10)21-8-13(16)19/h1-7H,8H2,(H2,16,19)(H,18,20). The van der Waals surface area contributed by atoms with Crippen LogP contribution >= 0.6 is 15.9 Å². The predicted octanol–water partition coefficient (Wildman–Crippen LogP) is 1.96. The minimum absolute atomic E-state index is 0.217. The molecule has 0 spiro atoms. The van der Waals surface area contributed by atoms with Crippen molar-refractivity contribution in [2.45, 2.75) is 0 Å². The van der Waals surface area contributed by atoms with Crippen LogP contribution in [0.15, 0.2) is 47.1 Å². The van der Waals surface area contributed by atoms with E-state index in [9.17, 15) is 9.59 Å². The van der Waals surface area contributed by atoms with Crippen LogP contribution in [0.25, 0.3) is 0 Å². The van der Waals surface area contributed by atoms with Crippen molar-refractivity contribution in [2.24, 2.45) is 5.73 Å². The third kappa shape index (κ3) is 4.57. The molecule has 0 fully saturated rings. The lowest BCUT2D eigenvalue weighted by Gasteiger charge is -2.08. The van der Waals surface area contributed by atoms with Crippen molar-refractivity contribution in [1.82, 2.24) is 4.98 Å². The van der Waals surface area contributed by atoms with E-state index in [-0.39, 0.29) is 12.5 Å². The fourth-order valence-electron chi connectivity index (χ4n) is 1.52. The molecule has 3 N–H and O–H groups in total. The molecule has 1 heterocycles. The Kier molecular flexibility index (Phi) is 4.89. The van der Waals surface area contributed by atoms with Crippen LogP contribution in [0, 0.1) is 0 Å². The van der Waals surface area contributed by atoms with Gasteiger partial charge in [-0.3, -0.25) is 9.59 Å². The molecular formula is C14H12BrN3O3. The first kappa shape index (κ1) is 15.0. The van der Waals surface area contributed by atoms with Gasteiger partial charge in [-0.05, 0) is 40.2 Å². The maximum Gasteiger partial charge on any atom is 0.274 e. The van der Waals surface area contributed by atoms with E-state index < -0.39 is 5.91 Å². The van der Waals surface area contributed by atoms with Gasteiger partial charge in [-0.2, -0.15) is 0 Å². The highest BCUT2D eigenvalue weighted by molar-refractivity contribution is 9.10. The van der Waals surface area contributed by atoms with Crippen LogP contribution in [0.1, 0.15) is 10.5 Å². The highest BCUT2D eigenvalue weighted by Crippen LogP contribution is 2.18. The Labute approximate surface area is 129 Å². The number of carbonyl (C=O) groups is 2. The van der Waals surface area contributed by atoms with E-state index in [1.54, 1.807) is 42.6 Å². The highest BCUT2D eigenvalue weighted by Gasteiger charge is 2.08. The number of nitrogens with one attached hydrogen (secondary N) is 1. The van der Waals surface area contributed by atoms with Crippen molar-refractivity contribution in [3.05, 3.63) is 52.8 Å². The molecule has 2 amide bonds. The molecule has 0 unspecified atom stereocenters. The van der Waals surface area contributed by atoms with E-state index in [4.69, 9.17) is 10.5 Å². The summed E-state index contributed by atoms with van der Waals surface area (Å²) in [5, 5.41) is 2.69. The number of pyridine rings is 1. The molecule has 2 aromatic rings. The minimum Gasteiger partial charge on any atom is -0.484 e. The summed E-state index contributed by atoms with van der Waals surface area (Å²) in [6.45, 7) is -0.217. The first-order valence-corrected chi connectivity index (χ1v) is 6.78. The van der Waals surface area contributed by atoms with Crippen molar-refractivity contribution in [1.29, 1.82) is 0 Å². The van der Waals surface area contributed by atoms with E-state index in [0.717, 1.165) is 4.47 Å². The Balaban J connectivity index is 2.05. The molecule has 0 saturated carbocycles. The zero-order valence-electron chi connectivity index (χ0n) is 10.9. The summed E-state index contributed by atoms with van der Waals surface area (Å²) in [6.07, 6.45) is 1.54. The minimum atomic E-state index is -0.566. The van der Waals surface area contributed by atoms with E-state index in [2.05, 4.69) is 26.2 Å². The zero-order valence-corrected chi connectivity index (χ0v) is 12.5. The van der Waals surface area contributed by atoms with Gasteiger partial charge in [0.05, 0.1) is 0 Å². The number of amides is 2. The maximum absolute atomic E-state index is 12.0. The number of carbonyl (C=O) groups excluding carboxylic acids is 2. The van der Waals surface area contributed by atoms with Crippen LogP contribution < -0.4 is 15.8 Å². The summed E-state index contributed by atoms with van der Waals surface area (Å²) in [6, 6.07) is 9.99. The molecule has 0 aliphatic heterocycles. The van der Waals surface area contributed by atoms with Gasteiger partial charge in [-0.1, -0.05) is 6.07 Å². The smallest absolute Gasteiger partial charge is 0.274 e. The lowest BCUT2D eigenvalue weighted by Crippen LogP contribution is -2.20. The molecule has 0 radical (unpaired) electrons. The molecule has 0 saturated heterocycles. The normalized spacial score (nSPS) is 9.95. The second-order valence-electron chi connectivity index (χ2n) is 4.10. The van der Waals surface area contributed by atoms with Gasteiger partial charge in [0, 0.05) is 22.4 Å². The lowest BCUT2D eigenvalue weighted by atomic mass is 10.2. The third-order valence-corrected chi connectivity index (χ3v) is 2.90. The maximum atomic E-state index is 12.0. The van der Waals surface area contributed by atoms with Crippen LogP contribution in [0.4, 0.5) is 5.69 Å². The van der Waals surface area contributed by atoms with Gasteiger partial charge in [0.15, 0.2) is 6.61 Å². The van der Waals surface area contributed by atoms with Crippen molar-refractivity contribution in [2.75, 3.05) is 11.9 Å². The molecule has 108 valence electrons. The van der Waals surface area contributed by atoms with Gasteiger partial charge < -0.3 is 15.8 Å². The van der Waals surface area contributed by atoms with Crippen molar-refractivity contribution < 1.29 is 14.3 Å². The number of hydrogen-bond donors (Lipinski definition) is 2. The van der Waals surface area contributed by atoms with Crippen LogP contribution in [-0.2, 0) is 4.79 Å². The number of halogens is 1. The van der Waals surface area contributed by atoms with Gasteiger partial charge in [0.25, 0.3) is 11.8 Å². The van der Waals surface area contributed by atoms with Crippen molar-refractivity contribution in [3.8, 4) is 5.75 Å². The van der Waals surface area contributed by atoms with E-state index in [0.29, 0.717) is 17.1 Å². The Bertz CT molecular complexity index is 659. The zero-order chi connectivity index (χ0) is 15.2. The number of primary amides is 1. The Morgan fingerprint density at radius 2 is 2.10 bits per heavy atom. The summed E-state index contributed by atoms with van der Waals surface area (Å²) in [7, 11) is 0. The number of ether oxygens (including phenoxy) is 1. The van der Waals surface area contributed by atoms with Crippen LogP contribution in [0.3, 0.4) is 0 Å². The molecule has 0 atom stereocenters. The molecule has 7 heteroatoms. The predicted molar refractivity (Wildman–Crippen MR) is 81.0 cm³/mol. The topological polar surface area (TPSA) is 94.3 Å². The summed E-state index contributed by atoms with van der Waals surface area (Å²) in [5.74, 6) is -0.464. The molecule has 2 rings (SSSR count). The van der Waals surface area contributed by atoms with Crippen LogP contribution in [0.5, 0.6) is 5.75 Å². The van der Waals surface area contributed by atoms with Crippen molar-refractivity contribution in [3.63, 3.8) is 0 Å². The molecule has 1 aromatic carbocycles. The second-order valence-corrected chi connectivity index (χ2v) is 5.01. The molecular weight excluding hydrogens is 338 g/mol. The number of hydrogen-bond acceptors (Lipinski definition) is 4. The third-order valence-electron chi connectivity index (χ3n) is 2.43. The van der Waals surface area contributed by atoms with Gasteiger partial charge in [0.1, 0.15) is 11.4 Å². The fourth-order valence-corrected chi connectivity index (χ4v) is 1.76. The SMILES string of the molecule is NC(=O)COc1cccc(NC(=O)c2ccc(Br)cn2)c1. The summed E-state index contributed by atoms with van der Waals surface area (Å²) in [5.41, 5.74) is 5.83. The molecule has 1 aromatic heterocycles. The number of nitrogens with two attached hydrogens (primary N) is 1. The average Bonchev–Trinajstić information content (AvgIpc) is 2.46. The quantitative estimate of drug-likeness (QED) is 0.862. The Morgan fingerprint density at radius 1 is 1.29 bits per heavy atom. The monoisotopic (exact) mass is 349 g/mol. The molecule has 21 heavy (non-hydrogen) atoms. The average molecular weight is 350 g/mol. The lowest BCUT2D eigenvalue weighted by molar-refractivity contribution is -0.119. The second kappa shape index (κ2) is 6.85. The fraction of sp³-hybridized carbons (Fsp3) is 0.0714. The number of nitrogens with zero attached hydrogens (tertiary/aromatic N) is 1. The highest BCUT2D eigenvalue weighted by atomic mass is 79.9. The molecule has 0 aliphatic rings. The van der Waals surface area contributed by atoms with Crippen LogP contribution in [0.2, 0.25) is 0 Å². The summed E-state index contributed by atoms with van der Waals surface area (Å²) in [4.78, 5) is 26.7. The first-order valence-electron chi connectivity index (χ1n) is 5.98. The van der Waals surface area contributed by atoms with E-state index in [1.807, 2.05) is 0 Å². The largest absolute Gasteiger partial charge is 0.484 e.